The van der Waals surface area contributed by atoms with Crippen LogP contribution in [0.3, 0.4) is 0 Å². The van der Waals surface area contributed by atoms with E-state index in [0.29, 0.717) is 13.1 Å². The molecule has 23 heavy (non-hydrogen) atoms. The number of benzene rings is 1. The SMILES string of the molecule is N#CC1(NC(=O)CN(CCO)Cc2ccccc2)CCCCC1. The molecular formula is C18H25N3O2. The molecule has 0 bridgehead atoms. The Balaban J connectivity index is 1.93. The zero-order valence-electron chi connectivity index (χ0n) is 13.5. The Morgan fingerprint density at radius 3 is 2.57 bits per heavy atom. The lowest BCUT2D eigenvalue weighted by Crippen LogP contribution is -2.51. The normalized spacial score (nSPS) is 16.7. The molecule has 0 saturated heterocycles. The van der Waals surface area contributed by atoms with Crippen LogP contribution in [0.15, 0.2) is 30.3 Å². The highest BCUT2D eigenvalue weighted by Crippen LogP contribution is 2.27. The van der Waals surface area contributed by atoms with Gasteiger partial charge in [0.05, 0.1) is 19.2 Å². The molecule has 0 unspecified atom stereocenters. The fraction of sp³-hybridized carbons (Fsp3) is 0.556. The summed E-state index contributed by atoms with van der Waals surface area (Å²) in [5.41, 5.74) is 0.397. The molecule has 1 amide bonds. The molecule has 0 aliphatic heterocycles. The summed E-state index contributed by atoms with van der Waals surface area (Å²) in [5.74, 6) is -0.141. The molecule has 0 aromatic heterocycles. The number of amides is 1. The molecule has 2 N–H and O–H groups in total. The van der Waals surface area contributed by atoms with Crippen molar-refractivity contribution in [1.82, 2.24) is 10.2 Å². The largest absolute Gasteiger partial charge is 0.395 e. The Morgan fingerprint density at radius 1 is 1.26 bits per heavy atom. The Labute approximate surface area is 137 Å². The number of nitriles is 1. The van der Waals surface area contributed by atoms with Gasteiger partial charge in [-0.25, -0.2) is 0 Å². The molecule has 1 aromatic carbocycles. The third-order valence-corrected chi connectivity index (χ3v) is 4.33. The first kappa shape index (κ1) is 17.5. The fourth-order valence-electron chi connectivity index (χ4n) is 3.13. The number of aliphatic hydroxyl groups excluding tert-OH is 1. The Morgan fingerprint density at radius 2 is 1.96 bits per heavy atom. The average molecular weight is 315 g/mol. The predicted octanol–water partition coefficient (Wildman–Crippen LogP) is 1.82. The van der Waals surface area contributed by atoms with Crippen LogP contribution < -0.4 is 5.32 Å². The molecule has 1 aliphatic rings. The number of carbonyl (C=O) groups is 1. The van der Waals surface area contributed by atoms with Gasteiger partial charge < -0.3 is 10.4 Å². The standard InChI is InChI=1S/C18H25N3O2/c19-15-18(9-5-2-6-10-18)20-17(23)14-21(11-12-22)13-16-7-3-1-4-8-16/h1,3-4,7-8,22H,2,5-6,9-14H2,(H,20,23). The van der Waals surface area contributed by atoms with E-state index in [1.165, 1.54) is 0 Å². The molecule has 5 heteroatoms. The van der Waals surface area contributed by atoms with E-state index in [0.717, 1.165) is 37.7 Å². The van der Waals surface area contributed by atoms with Crippen LogP contribution in [0.1, 0.15) is 37.7 Å². The molecule has 1 aliphatic carbocycles. The monoisotopic (exact) mass is 315 g/mol. The number of carbonyl (C=O) groups excluding carboxylic acids is 1. The van der Waals surface area contributed by atoms with Crippen molar-refractivity contribution in [2.45, 2.75) is 44.2 Å². The molecule has 0 radical (unpaired) electrons. The maximum absolute atomic E-state index is 12.4. The van der Waals surface area contributed by atoms with Gasteiger partial charge in [0.25, 0.3) is 0 Å². The van der Waals surface area contributed by atoms with Crippen LogP contribution in [-0.4, -0.2) is 41.1 Å². The second-order valence-corrected chi connectivity index (χ2v) is 6.22. The van der Waals surface area contributed by atoms with Crippen LogP contribution in [0.2, 0.25) is 0 Å². The van der Waals surface area contributed by atoms with Crippen molar-refractivity contribution < 1.29 is 9.90 Å². The van der Waals surface area contributed by atoms with Crippen LogP contribution >= 0.6 is 0 Å². The zero-order valence-corrected chi connectivity index (χ0v) is 13.5. The van der Waals surface area contributed by atoms with Crippen molar-refractivity contribution in [2.75, 3.05) is 19.7 Å². The number of hydrogen-bond acceptors (Lipinski definition) is 4. The number of nitrogens with zero attached hydrogens (tertiary/aromatic N) is 2. The van der Waals surface area contributed by atoms with E-state index < -0.39 is 5.54 Å². The molecule has 124 valence electrons. The molecule has 0 spiro atoms. The first-order valence-corrected chi connectivity index (χ1v) is 8.27. The van der Waals surface area contributed by atoms with Crippen molar-refractivity contribution in [3.63, 3.8) is 0 Å². The number of nitrogens with one attached hydrogen (secondary N) is 1. The van der Waals surface area contributed by atoms with Crippen LogP contribution in [0, 0.1) is 11.3 Å². The first-order chi connectivity index (χ1) is 11.2. The van der Waals surface area contributed by atoms with E-state index in [9.17, 15) is 15.2 Å². The van der Waals surface area contributed by atoms with Crippen LogP contribution in [0.5, 0.6) is 0 Å². The molecular weight excluding hydrogens is 290 g/mol. The average Bonchev–Trinajstić information content (AvgIpc) is 2.56. The van der Waals surface area contributed by atoms with Crippen molar-refractivity contribution >= 4 is 5.91 Å². The summed E-state index contributed by atoms with van der Waals surface area (Å²) in [5, 5.41) is 21.6. The molecule has 2 rings (SSSR count). The van der Waals surface area contributed by atoms with Gasteiger partial charge in [0.1, 0.15) is 5.54 Å². The summed E-state index contributed by atoms with van der Waals surface area (Å²) in [7, 11) is 0. The van der Waals surface area contributed by atoms with Crippen molar-refractivity contribution in [1.29, 1.82) is 5.26 Å². The molecule has 1 saturated carbocycles. The molecule has 1 aromatic rings. The summed E-state index contributed by atoms with van der Waals surface area (Å²) < 4.78 is 0. The Kier molecular flexibility index (Phi) is 6.57. The minimum absolute atomic E-state index is 0.00348. The Bertz CT molecular complexity index is 533. The van der Waals surface area contributed by atoms with Gasteiger partial charge in [-0.2, -0.15) is 5.26 Å². The quantitative estimate of drug-likeness (QED) is 0.805. The van der Waals surface area contributed by atoms with Gasteiger partial charge in [0, 0.05) is 13.1 Å². The third kappa shape index (κ3) is 5.34. The predicted molar refractivity (Wildman–Crippen MR) is 88.4 cm³/mol. The topological polar surface area (TPSA) is 76.4 Å². The van der Waals surface area contributed by atoms with Crippen molar-refractivity contribution in [3.05, 3.63) is 35.9 Å². The van der Waals surface area contributed by atoms with Crippen LogP contribution in [0.25, 0.3) is 0 Å². The zero-order chi connectivity index (χ0) is 16.5. The fourth-order valence-corrected chi connectivity index (χ4v) is 3.13. The first-order valence-electron chi connectivity index (χ1n) is 8.27. The van der Waals surface area contributed by atoms with Gasteiger partial charge in [0.15, 0.2) is 0 Å². The van der Waals surface area contributed by atoms with Crippen molar-refractivity contribution in [3.8, 4) is 6.07 Å². The van der Waals surface area contributed by atoms with Gasteiger partial charge in [-0.05, 0) is 18.4 Å². The second-order valence-electron chi connectivity index (χ2n) is 6.22. The number of aliphatic hydroxyl groups is 1. The number of rotatable bonds is 7. The highest BCUT2D eigenvalue weighted by molar-refractivity contribution is 5.79. The number of hydrogen-bond donors (Lipinski definition) is 2. The van der Waals surface area contributed by atoms with E-state index in [4.69, 9.17) is 0 Å². The van der Waals surface area contributed by atoms with Gasteiger partial charge in [-0.15, -0.1) is 0 Å². The maximum Gasteiger partial charge on any atom is 0.235 e. The lowest BCUT2D eigenvalue weighted by Gasteiger charge is -2.32. The summed E-state index contributed by atoms with van der Waals surface area (Å²) in [4.78, 5) is 14.3. The molecule has 1 fully saturated rings. The van der Waals surface area contributed by atoms with Gasteiger partial charge >= 0.3 is 0 Å². The maximum atomic E-state index is 12.4. The van der Waals surface area contributed by atoms with E-state index in [-0.39, 0.29) is 19.1 Å². The lowest BCUT2D eigenvalue weighted by molar-refractivity contribution is -0.124. The van der Waals surface area contributed by atoms with Gasteiger partial charge in [-0.3, -0.25) is 9.69 Å². The highest BCUT2D eigenvalue weighted by Gasteiger charge is 2.33. The van der Waals surface area contributed by atoms with Gasteiger partial charge in [-0.1, -0.05) is 49.6 Å². The lowest BCUT2D eigenvalue weighted by atomic mass is 9.83. The smallest absolute Gasteiger partial charge is 0.235 e. The Hall–Kier alpha value is -1.90. The minimum Gasteiger partial charge on any atom is -0.395 e. The third-order valence-electron chi connectivity index (χ3n) is 4.33. The summed E-state index contributed by atoms with van der Waals surface area (Å²) in [6.45, 7) is 1.23. The second kappa shape index (κ2) is 8.66. The van der Waals surface area contributed by atoms with Crippen LogP contribution in [-0.2, 0) is 11.3 Å². The van der Waals surface area contributed by atoms with Crippen LogP contribution in [0.4, 0.5) is 0 Å². The van der Waals surface area contributed by atoms with Gasteiger partial charge in [0.2, 0.25) is 5.91 Å². The molecule has 0 atom stereocenters. The van der Waals surface area contributed by atoms with Crippen molar-refractivity contribution in [2.24, 2.45) is 0 Å². The van der Waals surface area contributed by atoms with E-state index in [1.807, 2.05) is 35.2 Å². The summed E-state index contributed by atoms with van der Waals surface area (Å²) in [6.07, 6.45) is 4.56. The molecule has 5 nitrogen and oxygen atoms in total. The summed E-state index contributed by atoms with van der Waals surface area (Å²) in [6, 6.07) is 12.2. The highest BCUT2D eigenvalue weighted by atomic mass is 16.3. The summed E-state index contributed by atoms with van der Waals surface area (Å²) >= 11 is 0. The molecule has 0 heterocycles. The van der Waals surface area contributed by atoms with E-state index in [2.05, 4.69) is 11.4 Å². The van der Waals surface area contributed by atoms with E-state index in [1.54, 1.807) is 0 Å². The minimum atomic E-state index is -0.701. The van der Waals surface area contributed by atoms with E-state index >= 15 is 0 Å².